The van der Waals surface area contributed by atoms with Crippen LogP contribution in [-0.4, -0.2) is 40.8 Å². The minimum Gasteiger partial charge on any atom is -0.496 e. The summed E-state index contributed by atoms with van der Waals surface area (Å²) in [5.74, 6) is 0.698. The van der Waals surface area contributed by atoms with Gasteiger partial charge in [0, 0.05) is 56.1 Å². The molecule has 9 heteroatoms. The summed E-state index contributed by atoms with van der Waals surface area (Å²) in [7, 11) is 7.07. The zero-order valence-electron chi connectivity index (χ0n) is 16.5. The monoisotopic (exact) mass is 389 g/mol. The molecule has 0 spiro atoms. The third-order valence-corrected chi connectivity index (χ3v) is 5.17. The van der Waals surface area contributed by atoms with Gasteiger partial charge in [-0.3, -0.25) is 23.5 Å². The van der Waals surface area contributed by atoms with Crippen molar-refractivity contribution < 1.29 is 4.74 Å². The molecule has 9 nitrogen and oxygen atoms in total. The van der Waals surface area contributed by atoms with Crippen LogP contribution < -0.4 is 10.4 Å². The van der Waals surface area contributed by atoms with Crippen LogP contribution >= 0.6 is 0 Å². The average Bonchev–Trinajstić information content (AvgIpc) is 3.40. The summed E-state index contributed by atoms with van der Waals surface area (Å²) >= 11 is 0. The van der Waals surface area contributed by atoms with Crippen LogP contribution in [0.25, 0.3) is 38.8 Å². The molecule has 0 bridgehead atoms. The van der Waals surface area contributed by atoms with Gasteiger partial charge in [-0.15, -0.1) is 0 Å². The number of methoxy groups -OCH3 is 1. The maximum absolute atomic E-state index is 13.0. The van der Waals surface area contributed by atoms with Crippen LogP contribution in [0, 0.1) is 0 Å². The second-order valence-electron chi connectivity index (χ2n) is 7.01. The minimum absolute atomic E-state index is 0.152. The molecule has 5 aromatic rings. The number of nitrogens with zero attached hydrogens (tertiary/aromatic N) is 7. The lowest BCUT2D eigenvalue weighted by molar-refractivity contribution is 0.417. The van der Waals surface area contributed by atoms with Gasteiger partial charge in [0.25, 0.3) is 0 Å². The fourth-order valence-corrected chi connectivity index (χ4v) is 3.74. The van der Waals surface area contributed by atoms with Gasteiger partial charge >= 0.3 is 5.69 Å². The van der Waals surface area contributed by atoms with Crippen molar-refractivity contribution in [1.29, 1.82) is 0 Å². The Morgan fingerprint density at radius 3 is 2.38 bits per heavy atom. The van der Waals surface area contributed by atoms with Gasteiger partial charge in [0.2, 0.25) is 0 Å². The van der Waals surface area contributed by atoms with E-state index in [4.69, 9.17) is 4.74 Å². The first-order chi connectivity index (χ1) is 14.0. The number of imidazole rings is 1. The van der Waals surface area contributed by atoms with Crippen molar-refractivity contribution >= 4 is 21.9 Å². The van der Waals surface area contributed by atoms with E-state index in [2.05, 4.69) is 15.2 Å². The van der Waals surface area contributed by atoms with Gasteiger partial charge in [-0.05, 0) is 6.07 Å². The van der Waals surface area contributed by atoms with Crippen LogP contribution in [0.15, 0.2) is 47.9 Å². The van der Waals surface area contributed by atoms with E-state index in [0.717, 1.165) is 33.1 Å². The number of hydrogen-bond acceptors (Lipinski definition) is 5. The molecule has 0 aliphatic heterocycles. The molecular formula is C20H19N7O2. The SMILES string of the molecule is COc1cc2ncc3c(c2cc1-c1cnn(C)c1)n(-c1cnn(C)c1)c(=O)n3C. The number of fused-ring (bicyclic) bond motifs is 3. The number of pyridine rings is 1. The molecule has 0 unspecified atom stereocenters. The Bertz CT molecular complexity index is 1450. The van der Waals surface area contributed by atoms with E-state index in [1.807, 2.05) is 38.6 Å². The third-order valence-electron chi connectivity index (χ3n) is 5.17. The Morgan fingerprint density at radius 2 is 1.72 bits per heavy atom. The van der Waals surface area contributed by atoms with E-state index >= 15 is 0 Å². The number of benzene rings is 1. The second kappa shape index (κ2) is 6.06. The van der Waals surface area contributed by atoms with Crippen molar-refractivity contribution in [2.45, 2.75) is 0 Å². The van der Waals surface area contributed by atoms with Crippen molar-refractivity contribution in [2.75, 3.05) is 7.11 Å². The fourth-order valence-electron chi connectivity index (χ4n) is 3.74. The van der Waals surface area contributed by atoms with E-state index in [1.54, 1.807) is 51.2 Å². The predicted octanol–water partition coefficient (Wildman–Crippen LogP) is 2.02. The Morgan fingerprint density at radius 1 is 0.966 bits per heavy atom. The Balaban J connectivity index is 1.93. The summed E-state index contributed by atoms with van der Waals surface area (Å²) in [5.41, 5.74) is 4.63. The molecule has 0 saturated carbocycles. The van der Waals surface area contributed by atoms with Gasteiger partial charge < -0.3 is 4.74 Å². The quantitative estimate of drug-likeness (QED) is 0.471. The highest BCUT2D eigenvalue weighted by Crippen LogP contribution is 2.36. The van der Waals surface area contributed by atoms with E-state index in [0.29, 0.717) is 11.4 Å². The van der Waals surface area contributed by atoms with Crippen LogP contribution in [0.1, 0.15) is 0 Å². The minimum atomic E-state index is -0.152. The van der Waals surface area contributed by atoms with E-state index in [1.165, 1.54) is 0 Å². The van der Waals surface area contributed by atoms with Crippen LogP contribution in [0.5, 0.6) is 5.75 Å². The molecule has 5 rings (SSSR count). The van der Waals surface area contributed by atoms with Crippen LogP contribution in [0.3, 0.4) is 0 Å². The standard InChI is InChI=1S/C20H19N7O2/c1-24-10-12(7-22-24)14-5-15-16(6-18(14)29-4)21-9-17-19(15)27(20(28)26(17)3)13-8-23-25(2)11-13/h5-11H,1-4H3. The molecule has 0 atom stereocenters. The molecule has 0 fully saturated rings. The van der Waals surface area contributed by atoms with E-state index in [9.17, 15) is 4.79 Å². The fraction of sp³-hybridized carbons (Fsp3) is 0.200. The maximum atomic E-state index is 13.0. The lowest BCUT2D eigenvalue weighted by Gasteiger charge is -2.10. The maximum Gasteiger partial charge on any atom is 0.333 e. The average molecular weight is 389 g/mol. The van der Waals surface area contributed by atoms with Crippen molar-refractivity contribution in [2.24, 2.45) is 21.1 Å². The van der Waals surface area contributed by atoms with Crippen molar-refractivity contribution in [3.63, 3.8) is 0 Å². The topological polar surface area (TPSA) is 84.7 Å². The largest absolute Gasteiger partial charge is 0.496 e. The lowest BCUT2D eigenvalue weighted by atomic mass is 10.0. The van der Waals surface area contributed by atoms with E-state index in [-0.39, 0.29) is 5.69 Å². The summed E-state index contributed by atoms with van der Waals surface area (Å²) in [6.07, 6.45) is 8.93. The number of aromatic nitrogens is 7. The number of rotatable bonds is 3. The number of aryl methyl sites for hydroxylation is 3. The Kier molecular flexibility index (Phi) is 3.60. The molecule has 4 heterocycles. The van der Waals surface area contributed by atoms with Gasteiger partial charge in [-0.2, -0.15) is 10.2 Å². The van der Waals surface area contributed by atoms with Crippen LogP contribution in [-0.2, 0) is 21.1 Å². The first kappa shape index (κ1) is 17.2. The zero-order chi connectivity index (χ0) is 20.3. The van der Waals surface area contributed by atoms with Gasteiger partial charge in [-0.25, -0.2) is 4.79 Å². The molecule has 4 aromatic heterocycles. The van der Waals surface area contributed by atoms with Gasteiger partial charge in [0.15, 0.2) is 0 Å². The highest BCUT2D eigenvalue weighted by atomic mass is 16.5. The highest BCUT2D eigenvalue weighted by Gasteiger charge is 2.19. The normalized spacial score (nSPS) is 11.6. The molecule has 1 aromatic carbocycles. The summed E-state index contributed by atoms with van der Waals surface area (Å²) in [4.78, 5) is 17.6. The molecule has 0 saturated heterocycles. The Labute approximate surface area is 165 Å². The molecule has 0 aliphatic carbocycles. The lowest BCUT2D eigenvalue weighted by Crippen LogP contribution is -2.20. The van der Waals surface area contributed by atoms with Crippen molar-refractivity contribution in [3.05, 3.63) is 53.6 Å². The van der Waals surface area contributed by atoms with Crippen molar-refractivity contribution in [1.82, 2.24) is 33.7 Å². The molecular weight excluding hydrogens is 370 g/mol. The number of hydrogen-bond donors (Lipinski definition) is 0. The molecule has 0 amide bonds. The molecule has 146 valence electrons. The third kappa shape index (κ3) is 2.47. The first-order valence-electron chi connectivity index (χ1n) is 9.04. The second-order valence-corrected chi connectivity index (χ2v) is 7.01. The van der Waals surface area contributed by atoms with Gasteiger partial charge in [0.05, 0.1) is 47.9 Å². The highest BCUT2D eigenvalue weighted by molar-refractivity contribution is 6.05. The molecule has 0 radical (unpaired) electrons. The smallest absolute Gasteiger partial charge is 0.333 e. The molecule has 0 N–H and O–H groups in total. The zero-order valence-corrected chi connectivity index (χ0v) is 16.5. The van der Waals surface area contributed by atoms with Crippen molar-refractivity contribution in [3.8, 4) is 22.6 Å². The Hall–Kier alpha value is -3.88. The van der Waals surface area contributed by atoms with Gasteiger partial charge in [0.1, 0.15) is 5.75 Å². The summed E-state index contributed by atoms with van der Waals surface area (Å²) in [6.45, 7) is 0. The van der Waals surface area contributed by atoms with Gasteiger partial charge in [-0.1, -0.05) is 0 Å². The predicted molar refractivity (Wildman–Crippen MR) is 109 cm³/mol. The summed E-state index contributed by atoms with van der Waals surface area (Å²) in [5, 5.41) is 9.35. The summed E-state index contributed by atoms with van der Waals surface area (Å²) < 4.78 is 12.3. The number of ether oxygens (including phenoxy) is 1. The van der Waals surface area contributed by atoms with Crippen LogP contribution in [0.2, 0.25) is 0 Å². The van der Waals surface area contributed by atoms with Crippen LogP contribution in [0.4, 0.5) is 0 Å². The van der Waals surface area contributed by atoms with E-state index < -0.39 is 0 Å². The first-order valence-corrected chi connectivity index (χ1v) is 9.04. The summed E-state index contributed by atoms with van der Waals surface area (Å²) in [6, 6.07) is 3.90. The molecule has 0 aliphatic rings. The molecule has 29 heavy (non-hydrogen) atoms.